The van der Waals surface area contributed by atoms with E-state index in [0.29, 0.717) is 23.6 Å². The summed E-state index contributed by atoms with van der Waals surface area (Å²) < 4.78 is 29.3. The molecule has 2 aromatic carbocycles. The highest BCUT2D eigenvalue weighted by atomic mass is 32.2. The number of hydrogen-bond donors (Lipinski definition) is 0. The minimum atomic E-state index is -3.29. The molecule has 142 valence electrons. The molecule has 0 aliphatic carbocycles. The van der Waals surface area contributed by atoms with Crippen molar-refractivity contribution in [2.75, 3.05) is 17.3 Å². The lowest BCUT2D eigenvalue weighted by Crippen LogP contribution is -2.41. The van der Waals surface area contributed by atoms with Crippen LogP contribution in [0.25, 0.3) is 0 Å². The van der Waals surface area contributed by atoms with Crippen molar-refractivity contribution < 1.29 is 17.9 Å². The number of hydrogen-bond acceptors (Lipinski definition) is 4. The second-order valence-electron chi connectivity index (χ2n) is 6.63. The summed E-state index contributed by atoms with van der Waals surface area (Å²) in [6, 6.07) is 12.1. The van der Waals surface area contributed by atoms with Crippen molar-refractivity contribution in [2.24, 2.45) is 0 Å². The molecule has 0 bridgehead atoms. The van der Waals surface area contributed by atoms with Crippen LogP contribution in [0, 0.1) is 13.8 Å². The number of amides is 1. The summed E-state index contributed by atoms with van der Waals surface area (Å²) in [5, 5.41) is 1.19. The van der Waals surface area contributed by atoms with Gasteiger partial charge in [0.05, 0.1) is 18.4 Å². The summed E-state index contributed by atoms with van der Waals surface area (Å²) in [5.74, 6) is 0.339. The van der Waals surface area contributed by atoms with Gasteiger partial charge in [0.2, 0.25) is 0 Å². The van der Waals surface area contributed by atoms with Crippen molar-refractivity contribution in [3.63, 3.8) is 0 Å². The van der Waals surface area contributed by atoms with Gasteiger partial charge in [-0.2, -0.15) is 0 Å². The van der Waals surface area contributed by atoms with E-state index in [4.69, 9.17) is 4.74 Å². The molecule has 5 nitrogen and oxygen atoms in total. The summed E-state index contributed by atoms with van der Waals surface area (Å²) in [6.07, 6.45) is 1.58. The molecular formula is C21H23NO4S. The Balaban J connectivity index is 1.99. The molecule has 1 atom stereocenters. The van der Waals surface area contributed by atoms with Crippen LogP contribution in [-0.2, 0) is 9.84 Å². The van der Waals surface area contributed by atoms with Crippen LogP contribution in [0.5, 0.6) is 5.75 Å². The van der Waals surface area contributed by atoms with Gasteiger partial charge in [0.1, 0.15) is 5.75 Å². The Hall–Kier alpha value is -2.60. The van der Waals surface area contributed by atoms with E-state index in [0.717, 1.165) is 11.1 Å². The molecule has 0 saturated heterocycles. The lowest BCUT2D eigenvalue weighted by Gasteiger charge is -2.28. The van der Waals surface area contributed by atoms with Gasteiger partial charge in [-0.05, 0) is 74.4 Å². The summed E-state index contributed by atoms with van der Waals surface area (Å²) in [4.78, 5) is 14.8. The summed E-state index contributed by atoms with van der Waals surface area (Å²) in [7, 11) is -3.29. The van der Waals surface area contributed by atoms with E-state index in [1.807, 2.05) is 39.0 Å². The largest absolute Gasteiger partial charge is 0.494 e. The first-order valence-electron chi connectivity index (χ1n) is 8.85. The van der Waals surface area contributed by atoms with E-state index in [-0.39, 0.29) is 11.7 Å². The molecule has 0 aromatic heterocycles. The second-order valence-corrected chi connectivity index (χ2v) is 8.56. The molecule has 0 spiro atoms. The Morgan fingerprint density at radius 1 is 1.11 bits per heavy atom. The van der Waals surface area contributed by atoms with Crippen LogP contribution in [-0.4, -0.2) is 32.7 Å². The number of aryl methyl sites for hydroxylation is 2. The molecule has 2 aromatic rings. The first kappa shape index (κ1) is 19.2. The molecule has 1 aliphatic rings. The number of sulfone groups is 1. The van der Waals surface area contributed by atoms with Gasteiger partial charge in [-0.3, -0.25) is 4.79 Å². The van der Waals surface area contributed by atoms with E-state index >= 15 is 0 Å². The third-order valence-corrected chi connectivity index (χ3v) is 6.02. The fraction of sp³-hybridized carbons (Fsp3) is 0.286. The number of benzene rings is 2. The minimum absolute atomic E-state index is 0.108. The average molecular weight is 385 g/mol. The standard InChI is InChI=1S/C21H23NO4S/c1-4-26-20-9-6-17(7-10-20)21(23)22(19-11-12-27(24,25)14-19)18-8-5-15(2)16(3)13-18/h5-13,19H,4,14H2,1-3H3/t19-/m1/s1. The van der Waals surface area contributed by atoms with Crippen LogP contribution in [0.2, 0.25) is 0 Å². The summed E-state index contributed by atoms with van der Waals surface area (Å²) in [5.41, 5.74) is 3.32. The molecule has 0 unspecified atom stereocenters. The average Bonchev–Trinajstić information content (AvgIpc) is 2.98. The molecule has 0 saturated carbocycles. The maximum Gasteiger partial charge on any atom is 0.258 e. The van der Waals surface area contributed by atoms with Gasteiger partial charge in [-0.1, -0.05) is 6.07 Å². The smallest absolute Gasteiger partial charge is 0.258 e. The molecule has 0 N–H and O–H groups in total. The van der Waals surface area contributed by atoms with Crippen LogP contribution < -0.4 is 9.64 Å². The summed E-state index contributed by atoms with van der Waals surface area (Å²) >= 11 is 0. The Labute approximate surface area is 160 Å². The highest BCUT2D eigenvalue weighted by Crippen LogP contribution is 2.27. The van der Waals surface area contributed by atoms with E-state index in [9.17, 15) is 13.2 Å². The van der Waals surface area contributed by atoms with Crippen molar-refractivity contribution in [3.05, 3.63) is 70.6 Å². The number of ether oxygens (including phenoxy) is 1. The maximum absolute atomic E-state index is 13.3. The van der Waals surface area contributed by atoms with Gasteiger partial charge in [-0.25, -0.2) is 8.42 Å². The zero-order chi connectivity index (χ0) is 19.6. The van der Waals surface area contributed by atoms with E-state index in [2.05, 4.69) is 0 Å². The Bertz CT molecular complexity index is 978. The van der Waals surface area contributed by atoms with Crippen molar-refractivity contribution >= 4 is 21.4 Å². The van der Waals surface area contributed by atoms with E-state index in [1.165, 1.54) is 5.41 Å². The fourth-order valence-corrected chi connectivity index (χ4v) is 4.32. The van der Waals surface area contributed by atoms with Crippen LogP contribution in [0.1, 0.15) is 28.4 Å². The summed E-state index contributed by atoms with van der Waals surface area (Å²) in [6.45, 7) is 6.41. The molecule has 0 fully saturated rings. The van der Waals surface area contributed by atoms with Crippen molar-refractivity contribution in [2.45, 2.75) is 26.8 Å². The molecule has 1 amide bonds. The Kier molecular flexibility index (Phi) is 5.37. The zero-order valence-electron chi connectivity index (χ0n) is 15.7. The van der Waals surface area contributed by atoms with Gasteiger partial charge < -0.3 is 9.64 Å². The number of anilines is 1. The predicted molar refractivity (Wildman–Crippen MR) is 107 cm³/mol. The molecular weight excluding hydrogens is 362 g/mol. The second kappa shape index (κ2) is 7.56. The Morgan fingerprint density at radius 3 is 2.37 bits per heavy atom. The van der Waals surface area contributed by atoms with Crippen molar-refractivity contribution in [3.8, 4) is 5.75 Å². The van der Waals surface area contributed by atoms with E-state index in [1.54, 1.807) is 35.2 Å². The molecule has 6 heteroatoms. The van der Waals surface area contributed by atoms with Gasteiger partial charge in [0.25, 0.3) is 5.91 Å². The van der Waals surface area contributed by atoms with Crippen LogP contribution in [0.3, 0.4) is 0 Å². The molecule has 0 radical (unpaired) electrons. The number of carbonyl (C=O) groups excluding carboxylic acids is 1. The van der Waals surface area contributed by atoms with Gasteiger partial charge in [-0.15, -0.1) is 0 Å². The maximum atomic E-state index is 13.3. The minimum Gasteiger partial charge on any atom is -0.494 e. The fourth-order valence-electron chi connectivity index (χ4n) is 3.05. The lowest BCUT2D eigenvalue weighted by molar-refractivity contribution is 0.0983. The zero-order valence-corrected chi connectivity index (χ0v) is 16.5. The normalized spacial score (nSPS) is 17.7. The lowest BCUT2D eigenvalue weighted by atomic mass is 10.1. The highest BCUT2D eigenvalue weighted by molar-refractivity contribution is 7.94. The van der Waals surface area contributed by atoms with Crippen LogP contribution in [0.4, 0.5) is 5.69 Å². The topological polar surface area (TPSA) is 63.7 Å². The SMILES string of the molecule is CCOc1ccc(C(=O)N(c2ccc(C)c(C)c2)[C@@H]2C=CS(=O)(=O)C2)cc1. The number of nitrogens with zero attached hydrogens (tertiary/aromatic N) is 1. The molecule has 27 heavy (non-hydrogen) atoms. The van der Waals surface area contributed by atoms with Gasteiger partial charge >= 0.3 is 0 Å². The number of carbonyl (C=O) groups is 1. The third-order valence-electron chi connectivity index (χ3n) is 4.64. The molecule has 3 rings (SSSR count). The quantitative estimate of drug-likeness (QED) is 0.788. The van der Waals surface area contributed by atoms with Crippen molar-refractivity contribution in [1.82, 2.24) is 0 Å². The number of rotatable bonds is 5. The van der Waals surface area contributed by atoms with Crippen LogP contribution in [0.15, 0.2) is 53.9 Å². The first-order valence-corrected chi connectivity index (χ1v) is 10.6. The third kappa shape index (κ3) is 4.22. The molecule has 1 heterocycles. The van der Waals surface area contributed by atoms with Gasteiger partial charge in [0, 0.05) is 16.7 Å². The monoisotopic (exact) mass is 385 g/mol. The Morgan fingerprint density at radius 2 is 1.81 bits per heavy atom. The highest BCUT2D eigenvalue weighted by Gasteiger charge is 2.32. The van der Waals surface area contributed by atoms with Crippen LogP contribution >= 0.6 is 0 Å². The van der Waals surface area contributed by atoms with E-state index < -0.39 is 15.9 Å². The predicted octanol–water partition coefficient (Wildman–Crippen LogP) is 3.66. The van der Waals surface area contributed by atoms with Crippen molar-refractivity contribution in [1.29, 1.82) is 0 Å². The van der Waals surface area contributed by atoms with Gasteiger partial charge in [0.15, 0.2) is 9.84 Å². The first-order chi connectivity index (χ1) is 12.8. The molecule has 1 aliphatic heterocycles.